The van der Waals surface area contributed by atoms with Gasteiger partial charge in [-0.15, -0.1) is 5.10 Å². The Labute approximate surface area is 117 Å². The first-order valence-electron chi connectivity index (χ1n) is 5.49. The molecule has 20 heavy (non-hydrogen) atoms. The van der Waals surface area contributed by atoms with Crippen LogP contribution in [-0.4, -0.2) is 21.1 Å². The lowest BCUT2D eigenvalue weighted by Crippen LogP contribution is -2.12. The summed E-state index contributed by atoms with van der Waals surface area (Å²) in [6, 6.07) is 9.28. The monoisotopic (exact) mass is 298 g/mol. The van der Waals surface area contributed by atoms with E-state index in [0.717, 1.165) is 5.56 Å². The van der Waals surface area contributed by atoms with E-state index in [-0.39, 0.29) is 4.77 Å². The van der Waals surface area contributed by atoms with Crippen molar-refractivity contribution < 1.29 is 13.2 Å². The lowest BCUT2D eigenvalue weighted by molar-refractivity contribution is -0.147. The first-order chi connectivity index (χ1) is 9.48. The average molecular weight is 298 g/mol. The number of hydrogen-bond donors (Lipinski definition) is 1. The van der Waals surface area contributed by atoms with Crippen LogP contribution >= 0.6 is 12.2 Å². The maximum atomic E-state index is 12.6. The van der Waals surface area contributed by atoms with E-state index in [0.29, 0.717) is 4.68 Å². The number of rotatable bonds is 3. The van der Waals surface area contributed by atoms with Crippen molar-refractivity contribution in [1.82, 2.24) is 14.9 Å². The SMILES string of the molecule is FC(F)(F)c1n[nH]c(=S)n1/N=C\C=C\c1ccccc1. The summed E-state index contributed by atoms with van der Waals surface area (Å²) >= 11 is 4.69. The van der Waals surface area contributed by atoms with Gasteiger partial charge in [-0.3, -0.25) is 0 Å². The second kappa shape index (κ2) is 5.83. The maximum Gasteiger partial charge on any atom is 0.453 e. The number of aromatic nitrogens is 3. The lowest BCUT2D eigenvalue weighted by Gasteiger charge is -2.03. The predicted molar refractivity (Wildman–Crippen MR) is 71.8 cm³/mol. The Balaban J connectivity index is 2.19. The average Bonchev–Trinajstić information content (AvgIpc) is 2.77. The van der Waals surface area contributed by atoms with Gasteiger partial charge in [-0.25, -0.2) is 5.10 Å². The third kappa shape index (κ3) is 3.41. The molecule has 2 aromatic rings. The molecule has 0 unspecified atom stereocenters. The van der Waals surface area contributed by atoms with Gasteiger partial charge in [-0.2, -0.15) is 22.9 Å². The van der Waals surface area contributed by atoms with Crippen LogP contribution in [0.25, 0.3) is 6.08 Å². The normalized spacial score (nSPS) is 12.6. The summed E-state index contributed by atoms with van der Waals surface area (Å²) in [6.45, 7) is 0. The molecule has 0 aliphatic carbocycles. The van der Waals surface area contributed by atoms with Gasteiger partial charge in [0.2, 0.25) is 4.77 Å². The number of nitrogens with zero attached hydrogens (tertiary/aromatic N) is 3. The zero-order valence-electron chi connectivity index (χ0n) is 10.0. The highest BCUT2D eigenvalue weighted by Crippen LogP contribution is 2.27. The summed E-state index contributed by atoms with van der Waals surface area (Å²) in [7, 11) is 0. The third-order valence-electron chi connectivity index (χ3n) is 2.26. The molecule has 0 atom stereocenters. The van der Waals surface area contributed by atoms with Gasteiger partial charge in [-0.05, 0) is 23.9 Å². The van der Waals surface area contributed by atoms with Gasteiger partial charge in [0.15, 0.2) is 0 Å². The summed E-state index contributed by atoms with van der Waals surface area (Å²) < 4.78 is 38.1. The van der Waals surface area contributed by atoms with E-state index in [1.54, 1.807) is 6.08 Å². The lowest BCUT2D eigenvalue weighted by atomic mass is 10.2. The first kappa shape index (κ1) is 14.2. The van der Waals surface area contributed by atoms with Crippen LogP contribution in [0.1, 0.15) is 11.4 Å². The van der Waals surface area contributed by atoms with E-state index >= 15 is 0 Å². The van der Waals surface area contributed by atoms with Gasteiger partial charge in [0.25, 0.3) is 5.82 Å². The zero-order chi connectivity index (χ0) is 14.6. The number of H-pyrrole nitrogens is 1. The fraction of sp³-hybridized carbons (Fsp3) is 0.0833. The molecule has 1 heterocycles. The van der Waals surface area contributed by atoms with Gasteiger partial charge in [-0.1, -0.05) is 36.4 Å². The van der Waals surface area contributed by atoms with Crippen LogP contribution in [0, 0.1) is 4.77 Å². The van der Waals surface area contributed by atoms with Crippen LogP contribution in [-0.2, 0) is 6.18 Å². The Hall–Kier alpha value is -2.22. The van der Waals surface area contributed by atoms with Gasteiger partial charge < -0.3 is 0 Å². The van der Waals surface area contributed by atoms with Crippen molar-refractivity contribution in [2.45, 2.75) is 6.18 Å². The van der Waals surface area contributed by atoms with E-state index in [2.05, 4.69) is 15.3 Å². The second-order valence-electron chi connectivity index (χ2n) is 3.70. The maximum absolute atomic E-state index is 12.6. The van der Waals surface area contributed by atoms with Gasteiger partial charge in [0.05, 0.1) is 0 Å². The Kier molecular flexibility index (Phi) is 4.14. The number of allylic oxidation sites excluding steroid dienone is 1. The number of halogens is 3. The van der Waals surface area contributed by atoms with Crippen LogP contribution < -0.4 is 0 Å². The number of aromatic amines is 1. The molecule has 0 spiro atoms. The third-order valence-corrected chi connectivity index (χ3v) is 2.52. The highest BCUT2D eigenvalue weighted by molar-refractivity contribution is 7.71. The summed E-state index contributed by atoms with van der Waals surface area (Å²) in [4.78, 5) is 0. The first-order valence-corrected chi connectivity index (χ1v) is 5.90. The minimum atomic E-state index is -4.62. The van der Waals surface area contributed by atoms with Crippen molar-refractivity contribution in [3.05, 3.63) is 52.6 Å². The van der Waals surface area contributed by atoms with E-state index in [1.165, 1.54) is 12.3 Å². The number of benzene rings is 1. The smallest absolute Gasteiger partial charge is 0.250 e. The minimum Gasteiger partial charge on any atom is -0.250 e. The Morgan fingerprint density at radius 3 is 2.60 bits per heavy atom. The number of hydrogen-bond acceptors (Lipinski definition) is 3. The molecular weight excluding hydrogens is 289 g/mol. The van der Waals surface area contributed by atoms with E-state index in [9.17, 15) is 13.2 Å². The highest BCUT2D eigenvalue weighted by Gasteiger charge is 2.37. The predicted octanol–water partition coefficient (Wildman–Crippen LogP) is 3.51. The van der Waals surface area contributed by atoms with E-state index in [4.69, 9.17) is 12.2 Å². The Bertz CT molecular complexity index is 683. The summed E-state index contributed by atoms with van der Waals surface area (Å²) in [5.41, 5.74) is 0.908. The molecule has 0 bridgehead atoms. The largest absolute Gasteiger partial charge is 0.453 e. The molecular formula is C12H9F3N4S. The quantitative estimate of drug-likeness (QED) is 0.696. The Morgan fingerprint density at radius 2 is 1.95 bits per heavy atom. The van der Waals surface area contributed by atoms with Crippen LogP contribution in [0.15, 0.2) is 41.5 Å². The fourth-order valence-electron chi connectivity index (χ4n) is 1.41. The molecule has 104 valence electrons. The molecule has 8 heteroatoms. The summed E-state index contributed by atoms with van der Waals surface area (Å²) in [5, 5.41) is 8.80. The van der Waals surface area contributed by atoms with Crippen molar-refractivity contribution in [1.29, 1.82) is 0 Å². The van der Waals surface area contributed by atoms with Crippen molar-refractivity contribution in [2.75, 3.05) is 0 Å². The molecule has 0 saturated heterocycles. The second-order valence-corrected chi connectivity index (χ2v) is 4.08. The fourth-order valence-corrected chi connectivity index (χ4v) is 1.58. The van der Waals surface area contributed by atoms with Gasteiger partial charge in [0, 0.05) is 6.21 Å². The molecule has 2 rings (SSSR count). The molecule has 1 N–H and O–H groups in total. The molecule has 0 aliphatic rings. The zero-order valence-corrected chi connectivity index (χ0v) is 10.8. The molecule has 0 fully saturated rings. The minimum absolute atomic E-state index is 0.221. The molecule has 1 aromatic heterocycles. The molecule has 0 amide bonds. The van der Waals surface area contributed by atoms with Gasteiger partial charge >= 0.3 is 6.18 Å². The number of nitrogens with one attached hydrogen (secondary N) is 1. The van der Waals surface area contributed by atoms with E-state index in [1.807, 2.05) is 30.3 Å². The van der Waals surface area contributed by atoms with Crippen LogP contribution in [0.2, 0.25) is 0 Å². The number of alkyl halides is 3. The van der Waals surface area contributed by atoms with Gasteiger partial charge in [0.1, 0.15) is 0 Å². The topological polar surface area (TPSA) is 46.0 Å². The van der Waals surface area contributed by atoms with Crippen molar-refractivity contribution in [3.63, 3.8) is 0 Å². The van der Waals surface area contributed by atoms with Crippen LogP contribution in [0.4, 0.5) is 13.2 Å². The van der Waals surface area contributed by atoms with Crippen LogP contribution in [0.5, 0.6) is 0 Å². The van der Waals surface area contributed by atoms with Crippen molar-refractivity contribution in [2.24, 2.45) is 5.10 Å². The van der Waals surface area contributed by atoms with Crippen molar-refractivity contribution >= 4 is 24.5 Å². The molecule has 4 nitrogen and oxygen atoms in total. The standard InChI is InChI=1S/C12H9F3N4S/c13-12(14,15)10-17-18-11(20)19(10)16-8-4-7-9-5-2-1-3-6-9/h1-8H,(H,18,20)/b7-4+,16-8-. The molecule has 1 aromatic carbocycles. The molecule has 0 saturated carbocycles. The van der Waals surface area contributed by atoms with E-state index < -0.39 is 12.0 Å². The van der Waals surface area contributed by atoms with Crippen LogP contribution in [0.3, 0.4) is 0 Å². The summed E-state index contributed by atoms with van der Waals surface area (Å²) in [6.07, 6.45) is -0.174. The molecule has 0 radical (unpaired) electrons. The highest BCUT2D eigenvalue weighted by atomic mass is 32.1. The molecule has 0 aliphatic heterocycles. The Morgan fingerprint density at radius 1 is 1.25 bits per heavy atom. The van der Waals surface area contributed by atoms with Crippen molar-refractivity contribution in [3.8, 4) is 0 Å². The summed E-state index contributed by atoms with van der Waals surface area (Å²) in [5.74, 6) is -1.19.